The summed E-state index contributed by atoms with van der Waals surface area (Å²) in [5.74, 6) is 4.25. The molecule has 0 atom stereocenters. The zero-order chi connectivity index (χ0) is 24.9. The summed E-state index contributed by atoms with van der Waals surface area (Å²) >= 11 is 0. The van der Waals surface area contributed by atoms with Gasteiger partial charge < -0.3 is 14.8 Å². The Morgan fingerprint density at radius 1 is 0.806 bits per heavy atom. The van der Waals surface area contributed by atoms with Crippen LogP contribution in [0.1, 0.15) is 22.0 Å². The summed E-state index contributed by atoms with van der Waals surface area (Å²) in [5.41, 5.74) is 1.17. The lowest BCUT2D eigenvalue weighted by Crippen LogP contribution is -2.11. The molecular formula is C28H23N5O3. The molecule has 5 rings (SSSR count). The van der Waals surface area contributed by atoms with Crippen molar-refractivity contribution in [2.24, 2.45) is 0 Å². The van der Waals surface area contributed by atoms with E-state index in [4.69, 9.17) is 9.47 Å². The van der Waals surface area contributed by atoms with Crippen LogP contribution in [0, 0.1) is 13.8 Å². The van der Waals surface area contributed by atoms with Gasteiger partial charge in [-0.3, -0.25) is 9.36 Å². The van der Waals surface area contributed by atoms with Crippen LogP contribution in [-0.4, -0.2) is 25.4 Å². The lowest BCUT2D eigenvalue weighted by Gasteiger charge is -2.10. The van der Waals surface area contributed by atoms with Crippen LogP contribution in [0.5, 0.6) is 23.1 Å². The van der Waals surface area contributed by atoms with Gasteiger partial charge in [-0.25, -0.2) is 9.97 Å². The van der Waals surface area contributed by atoms with E-state index >= 15 is 0 Å². The standard InChI is InChI=1S/C28H23N5O3/c1-19-30-26(33-17-16-29-20(33)2)18-27(31-19)36-25-14-10-22(11-15-25)32-28(34)21-8-12-24(13-9-21)35-23-6-4-3-5-7-23/h3-18H,1-2H3,(H,32,34). The Kier molecular flexibility index (Phi) is 6.40. The first kappa shape index (κ1) is 22.8. The number of carbonyl (C=O) groups excluding carboxylic acids is 1. The summed E-state index contributed by atoms with van der Waals surface area (Å²) in [6.07, 6.45) is 3.55. The van der Waals surface area contributed by atoms with E-state index in [9.17, 15) is 4.79 Å². The first-order valence-corrected chi connectivity index (χ1v) is 11.3. The van der Waals surface area contributed by atoms with Crippen LogP contribution in [0.25, 0.3) is 5.82 Å². The molecule has 178 valence electrons. The highest BCUT2D eigenvalue weighted by atomic mass is 16.5. The van der Waals surface area contributed by atoms with E-state index in [1.54, 1.807) is 60.8 Å². The fourth-order valence-electron chi connectivity index (χ4n) is 3.55. The molecule has 0 unspecified atom stereocenters. The van der Waals surface area contributed by atoms with Crippen LogP contribution in [0.4, 0.5) is 5.69 Å². The maximum atomic E-state index is 12.7. The van der Waals surface area contributed by atoms with Crippen LogP contribution < -0.4 is 14.8 Å². The quantitative estimate of drug-likeness (QED) is 0.304. The number of anilines is 1. The molecular weight excluding hydrogens is 454 g/mol. The molecule has 0 radical (unpaired) electrons. The second-order valence-corrected chi connectivity index (χ2v) is 7.98. The van der Waals surface area contributed by atoms with Gasteiger partial charge in [0.25, 0.3) is 5.91 Å². The fraction of sp³-hybridized carbons (Fsp3) is 0.0714. The molecule has 2 heterocycles. The normalized spacial score (nSPS) is 10.6. The van der Waals surface area contributed by atoms with E-state index in [0.717, 1.165) is 11.6 Å². The maximum Gasteiger partial charge on any atom is 0.255 e. The van der Waals surface area contributed by atoms with Crippen LogP contribution in [0.2, 0.25) is 0 Å². The summed E-state index contributed by atoms with van der Waals surface area (Å²) in [5, 5.41) is 2.89. The number of nitrogens with zero attached hydrogens (tertiary/aromatic N) is 4. The molecule has 3 aromatic carbocycles. The van der Waals surface area contributed by atoms with Gasteiger partial charge in [0.15, 0.2) is 0 Å². The number of amides is 1. The van der Waals surface area contributed by atoms with Gasteiger partial charge in [0.05, 0.1) is 0 Å². The second-order valence-electron chi connectivity index (χ2n) is 7.98. The molecule has 2 aromatic heterocycles. The Labute approximate surface area is 208 Å². The lowest BCUT2D eigenvalue weighted by atomic mass is 10.2. The predicted octanol–water partition coefficient (Wildman–Crippen LogP) is 6.12. The number of rotatable bonds is 7. The average Bonchev–Trinajstić information content (AvgIpc) is 3.32. The molecule has 1 amide bonds. The van der Waals surface area contributed by atoms with Crippen LogP contribution >= 0.6 is 0 Å². The van der Waals surface area contributed by atoms with Gasteiger partial charge in [-0.1, -0.05) is 18.2 Å². The van der Waals surface area contributed by atoms with E-state index in [-0.39, 0.29) is 5.91 Å². The zero-order valence-corrected chi connectivity index (χ0v) is 19.8. The van der Waals surface area contributed by atoms with Crippen molar-refractivity contribution in [1.82, 2.24) is 19.5 Å². The summed E-state index contributed by atoms with van der Waals surface area (Å²) in [6, 6.07) is 25.3. The van der Waals surface area contributed by atoms with Crippen LogP contribution in [0.3, 0.4) is 0 Å². The van der Waals surface area contributed by atoms with Crippen molar-refractivity contribution >= 4 is 11.6 Å². The molecule has 0 aliphatic heterocycles. The van der Waals surface area contributed by atoms with Crippen molar-refractivity contribution < 1.29 is 14.3 Å². The molecule has 1 N–H and O–H groups in total. The molecule has 0 saturated carbocycles. The monoisotopic (exact) mass is 477 g/mol. The summed E-state index contributed by atoms with van der Waals surface area (Å²) in [4.78, 5) is 25.7. The fourth-order valence-corrected chi connectivity index (χ4v) is 3.55. The van der Waals surface area contributed by atoms with Crippen molar-refractivity contribution in [1.29, 1.82) is 0 Å². The van der Waals surface area contributed by atoms with Crippen molar-refractivity contribution in [2.45, 2.75) is 13.8 Å². The van der Waals surface area contributed by atoms with Crippen LogP contribution in [-0.2, 0) is 0 Å². The summed E-state index contributed by atoms with van der Waals surface area (Å²) < 4.78 is 13.6. The Balaban J connectivity index is 1.22. The first-order valence-electron chi connectivity index (χ1n) is 11.3. The van der Waals surface area contributed by atoms with Gasteiger partial charge in [0.2, 0.25) is 5.88 Å². The first-order chi connectivity index (χ1) is 17.5. The zero-order valence-electron chi connectivity index (χ0n) is 19.8. The number of imidazole rings is 1. The highest BCUT2D eigenvalue weighted by Gasteiger charge is 2.10. The number of carbonyl (C=O) groups is 1. The maximum absolute atomic E-state index is 12.7. The number of benzene rings is 3. The van der Waals surface area contributed by atoms with E-state index in [1.807, 2.05) is 54.9 Å². The highest BCUT2D eigenvalue weighted by molar-refractivity contribution is 6.04. The Bertz CT molecular complexity index is 1480. The second kappa shape index (κ2) is 10.1. The number of ether oxygens (including phenoxy) is 2. The molecule has 0 aliphatic rings. The Morgan fingerprint density at radius 2 is 1.47 bits per heavy atom. The van der Waals surface area contributed by atoms with Crippen molar-refractivity contribution in [3.63, 3.8) is 0 Å². The number of hydrogen-bond donors (Lipinski definition) is 1. The third kappa shape index (κ3) is 5.39. The lowest BCUT2D eigenvalue weighted by molar-refractivity contribution is 0.102. The van der Waals surface area contributed by atoms with E-state index in [2.05, 4.69) is 20.3 Å². The van der Waals surface area contributed by atoms with Gasteiger partial charge in [-0.2, -0.15) is 4.98 Å². The smallest absolute Gasteiger partial charge is 0.255 e. The number of aryl methyl sites for hydroxylation is 2. The van der Waals surface area contributed by atoms with Gasteiger partial charge >= 0.3 is 0 Å². The van der Waals surface area contributed by atoms with E-state index < -0.39 is 0 Å². The predicted molar refractivity (Wildman–Crippen MR) is 136 cm³/mol. The van der Waals surface area contributed by atoms with Gasteiger partial charge in [-0.15, -0.1) is 0 Å². The molecule has 8 nitrogen and oxygen atoms in total. The molecule has 36 heavy (non-hydrogen) atoms. The number of hydrogen-bond acceptors (Lipinski definition) is 6. The van der Waals surface area contributed by atoms with E-state index in [1.165, 1.54) is 0 Å². The van der Waals surface area contributed by atoms with E-state index in [0.29, 0.717) is 40.3 Å². The molecule has 0 bridgehead atoms. The number of nitrogens with one attached hydrogen (secondary N) is 1. The van der Waals surface area contributed by atoms with Crippen molar-refractivity contribution in [2.75, 3.05) is 5.32 Å². The number of para-hydroxylation sites is 1. The van der Waals surface area contributed by atoms with Crippen LogP contribution in [0.15, 0.2) is 97.3 Å². The van der Waals surface area contributed by atoms with Crippen molar-refractivity contribution in [3.05, 3.63) is 115 Å². The molecule has 8 heteroatoms. The van der Waals surface area contributed by atoms with Gasteiger partial charge in [0, 0.05) is 29.7 Å². The largest absolute Gasteiger partial charge is 0.457 e. The molecule has 5 aromatic rings. The molecule has 0 saturated heterocycles. The minimum absolute atomic E-state index is 0.221. The average molecular weight is 478 g/mol. The topological polar surface area (TPSA) is 91.2 Å². The summed E-state index contributed by atoms with van der Waals surface area (Å²) in [7, 11) is 0. The molecule has 0 spiro atoms. The highest BCUT2D eigenvalue weighted by Crippen LogP contribution is 2.25. The minimum Gasteiger partial charge on any atom is -0.457 e. The summed E-state index contributed by atoms with van der Waals surface area (Å²) in [6.45, 7) is 3.71. The Morgan fingerprint density at radius 3 is 2.17 bits per heavy atom. The number of aromatic nitrogens is 4. The van der Waals surface area contributed by atoms with Gasteiger partial charge in [-0.05, 0) is 74.5 Å². The van der Waals surface area contributed by atoms with Gasteiger partial charge in [0.1, 0.15) is 34.7 Å². The SMILES string of the molecule is Cc1nc(Oc2ccc(NC(=O)c3ccc(Oc4ccccc4)cc3)cc2)cc(-n2ccnc2C)n1. The minimum atomic E-state index is -0.221. The molecule has 0 fully saturated rings. The third-order valence-corrected chi connectivity index (χ3v) is 5.30. The molecule has 0 aliphatic carbocycles. The Hall–Kier alpha value is -4.98. The van der Waals surface area contributed by atoms with Crippen molar-refractivity contribution in [3.8, 4) is 28.9 Å². The third-order valence-electron chi connectivity index (χ3n) is 5.30.